The molecule has 14 heavy (non-hydrogen) atoms. The van der Waals surface area contributed by atoms with Gasteiger partial charge in [-0.2, -0.15) is 0 Å². The van der Waals surface area contributed by atoms with Gasteiger partial charge in [0.2, 0.25) is 0 Å². The van der Waals surface area contributed by atoms with E-state index in [1.54, 1.807) is 12.1 Å². The third-order valence-electron chi connectivity index (χ3n) is 2.68. The van der Waals surface area contributed by atoms with E-state index < -0.39 is 0 Å². The van der Waals surface area contributed by atoms with Crippen LogP contribution in [0.4, 0.5) is 4.39 Å². The Morgan fingerprint density at radius 2 is 2.21 bits per heavy atom. The van der Waals surface area contributed by atoms with Gasteiger partial charge in [0.25, 0.3) is 0 Å². The second-order valence-corrected chi connectivity index (χ2v) is 3.94. The maximum Gasteiger partial charge on any atom is 0.127 e. The van der Waals surface area contributed by atoms with Gasteiger partial charge in [0.05, 0.1) is 0 Å². The maximum absolute atomic E-state index is 13.3. The van der Waals surface area contributed by atoms with Crippen molar-refractivity contribution in [3.63, 3.8) is 0 Å². The van der Waals surface area contributed by atoms with Gasteiger partial charge < -0.3 is 5.73 Å². The smallest absolute Gasteiger partial charge is 0.127 e. The van der Waals surface area contributed by atoms with E-state index in [0.29, 0.717) is 5.56 Å². The van der Waals surface area contributed by atoms with Crippen LogP contribution in [0.2, 0.25) is 0 Å². The maximum atomic E-state index is 13.3. The summed E-state index contributed by atoms with van der Waals surface area (Å²) < 4.78 is 13.3. The fraction of sp³-hybridized carbons (Fsp3) is 0.417. The summed E-state index contributed by atoms with van der Waals surface area (Å²) in [5, 5.41) is 0. The van der Waals surface area contributed by atoms with E-state index in [0.717, 1.165) is 17.9 Å². The van der Waals surface area contributed by atoms with Crippen LogP contribution in [-0.2, 0) is 6.54 Å². The van der Waals surface area contributed by atoms with E-state index in [9.17, 15) is 4.39 Å². The SMILES string of the molecule is NCc1ccc([CH]CC2CC2)cc1F. The molecule has 1 aliphatic carbocycles. The average Bonchev–Trinajstić information content (AvgIpc) is 2.98. The molecular weight excluding hydrogens is 177 g/mol. The fourth-order valence-electron chi connectivity index (χ4n) is 1.51. The van der Waals surface area contributed by atoms with E-state index >= 15 is 0 Å². The first kappa shape index (κ1) is 9.66. The molecule has 1 radical (unpaired) electrons. The van der Waals surface area contributed by atoms with Crippen LogP contribution in [0.3, 0.4) is 0 Å². The highest BCUT2D eigenvalue weighted by Crippen LogP contribution is 2.34. The van der Waals surface area contributed by atoms with Crippen molar-refractivity contribution in [3.8, 4) is 0 Å². The molecule has 1 nitrogen and oxygen atoms in total. The molecule has 0 bridgehead atoms. The third kappa shape index (κ3) is 2.32. The number of nitrogens with two attached hydrogens (primary N) is 1. The Labute approximate surface area is 84.1 Å². The van der Waals surface area contributed by atoms with Crippen LogP contribution in [0.25, 0.3) is 0 Å². The zero-order chi connectivity index (χ0) is 9.97. The van der Waals surface area contributed by atoms with Crippen molar-refractivity contribution in [2.24, 2.45) is 11.7 Å². The molecule has 0 spiro atoms. The standard InChI is InChI=1S/C12H15FN/c13-12-7-10(4-3-9-1-2-9)5-6-11(12)8-14/h4-7,9H,1-3,8,14H2. The molecule has 75 valence electrons. The molecule has 1 aromatic carbocycles. The molecule has 0 aliphatic heterocycles. The number of halogens is 1. The van der Waals surface area contributed by atoms with Crippen molar-refractivity contribution in [3.05, 3.63) is 41.6 Å². The van der Waals surface area contributed by atoms with Crippen molar-refractivity contribution in [1.29, 1.82) is 0 Å². The lowest BCUT2D eigenvalue weighted by atomic mass is 10.1. The predicted octanol–water partition coefficient (Wildman–Crippen LogP) is 2.64. The lowest BCUT2D eigenvalue weighted by Gasteiger charge is -2.03. The molecular formula is C12H15FN. The summed E-state index contributed by atoms with van der Waals surface area (Å²) in [6, 6.07) is 5.28. The van der Waals surface area contributed by atoms with Crippen molar-refractivity contribution >= 4 is 0 Å². The fourth-order valence-corrected chi connectivity index (χ4v) is 1.51. The van der Waals surface area contributed by atoms with Crippen LogP contribution in [0.15, 0.2) is 18.2 Å². The Morgan fingerprint density at radius 3 is 2.79 bits per heavy atom. The van der Waals surface area contributed by atoms with Crippen LogP contribution >= 0.6 is 0 Å². The second-order valence-electron chi connectivity index (χ2n) is 3.94. The number of rotatable bonds is 4. The summed E-state index contributed by atoms with van der Waals surface area (Å²) in [5.41, 5.74) is 6.95. The molecule has 0 unspecified atom stereocenters. The molecule has 2 heteroatoms. The van der Waals surface area contributed by atoms with Crippen LogP contribution in [0.5, 0.6) is 0 Å². The average molecular weight is 192 g/mol. The third-order valence-corrected chi connectivity index (χ3v) is 2.68. The molecule has 2 N–H and O–H groups in total. The van der Waals surface area contributed by atoms with Crippen molar-refractivity contribution in [1.82, 2.24) is 0 Å². The minimum absolute atomic E-state index is 0.183. The number of benzene rings is 1. The lowest BCUT2D eigenvalue weighted by Crippen LogP contribution is -2.00. The van der Waals surface area contributed by atoms with Gasteiger partial charge in [0.15, 0.2) is 0 Å². The van der Waals surface area contributed by atoms with Crippen molar-refractivity contribution in [2.45, 2.75) is 25.8 Å². The van der Waals surface area contributed by atoms with E-state index in [2.05, 4.69) is 6.42 Å². The normalized spacial score (nSPS) is 15.9. The highest BCUT2D eigenvalue weighted by atomic mass is 19.1. The highest BCUT2D eigenvalue weighted by molar-refractivity contribution is 5.29. The summed E-state index contributed by atoms with van der Waals surface area (Å²) in [4.78, 5) is 0. The molecule has 1 aliphatic rings. The monoisotopic (exact) mass is 192 g/mol. The molecule has 2 rings (SSSR count). The summed E-state index contributed by atoms with van der Waals surface area (Å²) in [6.07, 6.45) is 5.86. The molecule has 0 amide bonds. The largest absolute Gasteiger partial charge is 0.326 e. The number of hydrogen-bond donors (Lipinski definition) is 1. The molecule has 1 saturated carbocycles. The van der Waals surface area contributed by atoms with Crippen molar-refractivity contribution in [2.75, 3.05) is 0 Å². The van der Waals surface area contributed by atoms with Gasteiger partial charge in [-0.25, -0.2) is 4.39 Å². The summed E-state index contributed by atoms with van der Waals surface area (Å²) in [6.45, 7) is 0.273. The summed E-state index contributed by atoms with van der Waals surface area (Å²) in [5.74, 6) is 0.671. The minimum atomic E-state index is -0.183. The molecule has 0 aromatic heterocycles. The Hall–Kier alpha value is -0.890. The van der Waals surface area contributed by atoms with Gasteiger partial charge in [-0.05, 0) is 30.4 Å². The van der Waals surface area contributed by atoms with Gasteiger partial charge in [-0.15, -0.1) is 0 Å². The number of hydrogen-bond acceptors (Lipinski definition) is 1. The first-order chi connectivity index (χ1) is 6.79. The topological polar surface area (TPSA) is 26.0 Å². The first-order valence-electron chi connectivity index (χ1n) is 5.11. The molecule has 1 fully saturated rings. The second kappa shape index (κ2) is 4.09. The Bertz CT molecular complexity index is 318. The van der Waals surface area contributed by atoms with Gasteiger partial charge in [-0.3, -0.25) is 0 Å². The molecule has 0 atom stereocenters. The molecule has 0 heterocycles. The minimum Gasteiger partial charge on any atom is -0.326 e. The van der Waals surface area contributed by atoms with E-state index in [-0.39, 0.29) is 12.4 Å². The van der Waals surface area contributed by atoms with E-state index in [4.69, 9.17) is 5.73 Å². The van der Waals surface area contributed by atoms with Crippen LogP contribution in [0, 0.1) is 18.2 Å². The lowest BCUT2D eigenvalue weighted by molar-refractivity contribution is 0.609. The van der Waals surface area contributed by atoms with E-state index in [1.165, 1.54) is 12.8 Å². The van der Waals surface area contributed by atoms with Crippen LogP contribution in [-0.4, -0.2) is 0 Å². The first-order valence-corrected chi connectivity index (χ1v) is 5.11. The highest BCUT2D eigenvalue weighted by Gasteiger charge is 2.20. The Kier molecular flexibility index (Phi) is 2.82. The predicted molar refractivity (Wildman–Crippen MR) is 55.0 cm³/mol. The quantitative estimate of drug-likeness (QED) is 0.779. The Balaban J connectivity index is 1.99. The summed E-state index contributed by atoms with van der Waals surface area (Å²) >= 11 is 0. The van der Waals surface area contributed by atoms with Gasteiger partial charge >= 0.3 is 0 Å². The zero-order valence-corrected chi connectivity index (χ0v) is 8.17. The van der Waals surface area contributed by atoms with Crippen molar-refractivity contribution < 1.29 is 4.39 Å². The van der Waals surface area contributed by atoms with Crippen LogP contribution < -0.4 is 5.73 Å². The van der Waals surface area contributed by atoms with Gasteiger partial charge in [0, 0.05) is 12.1 Å². The Morgan fingerprint density at radius 1 is 1.43 bits per heavy atom. The van der Waals surface area contributed by atoms with Crippen LogP contribution in [0.1, 0.15) is 30.4 Å². The van der Waals surface area contributed by atoms with Gasteiger partial charge in [-0.1, -0.05) is 25.0 Å². The summed E-state index contributed by atoms with van der Waals surface area (Å²) in [7, 11) is 0. The van der Waals surface area contributed by atoms with E-state index in [1.807, 2.05) is 6.07 Å². The van der Waals surface area contributed by atoms with Gasteiger partial charge in [0.1, 0.15) is 5.82 Å². The molecule has 1 aromatic rings. The zero-order valence-electron chi connectivity index (χ0n) is 8.17. The molecule has 0 saturated heterocycles.